The Morgan fingerprint density at radius 2 is 2.13 bits per heavy atom. The number of benzene rings is 1. The summed E-state index contributed by atoms with van der Waals surface area (Å²) in [6.07, 6.45) is 4.63. The van der Waals surface area contributed by atoms with Gasteiger partial charge in [-0.25, -0.2) is 4.98 Å². The van der Waals surface area contributed by atoms with E-state index in [1.54, 1.807) is 0 Å². The number of hydrogen-bond acceptors (Lipinski definition) is 4. The largest absolute Gasteiger partial charge is 0.337 e. The van der Waals surface area contributed by atoms with Crippen LogP contribution < -0.4 is 5.32 Å². The number of imidazole rings is 1. The molecule has 1 aromatic carbocycles. The number of nitriles is 1. The summed E-state index contributed by atoms with van der Waals surface area (Å²) in [6, 6.07) is 10.1. The number of H-pyrrole nitrogens is 1. The van der Waals surface area contributed by atoms with Crippen LogP contribution in [0.15, 0.2) is 29.4 Å². The molecule has 120 valence electrons. The number of amides is 1. The van der Waals surface area contributed by atoms with Crippen molar-refractivity contribution in [3.63, 3.8) is 0 Å². The van der Waals surface area contributed by atoms with Crippen molar-refractivity contribution in [1.82, 2.24) is 15.3 Å². The van der Waals surface area contributed by atoms with E-state index in [9.17, 15) is 10.1 Å². The van der Waals surface area contributed by atoms with Crippen LogP contribution in [0.1, 0.15) is 39.0 Å². The number of thioether (sulfide) groups is 1. The molecule has 2 N–H and O–H groups in total. The number of carbonyl (C=O) groups is 1. The zero-order valence-corrected chi connectivity index (χ0v) is 13.9. The SMILES string of the molecule is CC(Sc1nc2ccccc2[nH]1)C(=O)NC1(C#N)CCCCC1. The molecule has 23 heavy (non-hydrogen) atoms. The highest BCUT2D eigenvalue weighted by Gasteiger charge is 2.35. The molecule has 1 aliphatic rings. The Morgan fingerprint density at radius 1 is 1.39 bits per heavy atom. The van der Waals surface area contributed by atoms with Crippen molar-refractivity contribution in [2.45, 2.75) is 55.0 Å². The second kappa shape index (κ2) is 6.63. The maximum atomic E-state index is 12.5. The van der Waals surface area contributed by atoms with E-state index in [4.69, 9.17) is 0 Å². The minimum Gasteiger partial charge on any atom is -0.337 e. The highest BCUT2D eigenvalue weighted by atomic mass is 32.2. The molecule has 1 heterocycles. The molecular weight excluding hydrogens is 308 g/mol. The summed E-state index contributed by atoms with van der Waals surface area (Å²) in [5.41, 5.74) is 1.17. The molecule has 5 nitrogen and oxygen atoms in total. The molecule has 0 bridgehead atoms. The van der Waals surface area contributed by atoms with Gasteiger partial charge in [0.15, 0.2) is 5.16 Å². The third-order valence-electron chi connectivity index (χ3n) is 4.31. The van der Waals surface area contributed by atoms with Crippen molar-refractivity contribution >= 4 is 28.7 Å². The number of para-hydroxylation sites is 2. The Labute approximate surface area is 139 Å². The third kappa shape index (κ3) is 3.50. The first kappa shape index (κ1) is 15.9. The van der Waals surface area contributed by atoms with E-state index < -0.39 is 5.54 Å². The minimum absolute atomic E-state index is 0.0982. The lowest BCUT2D eigenvalue weighted by atomic mass is 9.83. The lowest BCUT2D eigenvalue weighted by Crippen LogP contribution is -2.50. The van der Waals surface area contributed by atoms with Crippen molar-refractivity contribution in [1.29, 1.82) is 5.26 Å². The topological polar surface area (TPSA) is 81.6 Å². The van der Waals surface area contributed by atoms with Gasteiger partial charge in [0.25, 0.3) is 0 Å². The summed E-state index contributed by atoms with van der Waals surface area (Å²) in [4.78, 5) is 20.2. The molecule has 1 aromatic heterocycles. The zero-order valence-electron chi connectivity index (χ0n) is 13.1. The van der Waals surface area contributed by atoms with Gasteiger partial charge in [-0.1, -0.05) is 43.2 Å². The quantitative estimate of drug-likeness (QED) is 0.843. The van der Waals surface area contributed by atoms with Crippen molar-refractivity contribution in [3.05, 3.63) is 24.3 Å². The summed E-state index contributed by atoms with van der Waals surface area (Å²) < 4.78 is 0. The molecule has 1 saturated carbocycles. The second-order valence-corrected chi connectivity index (χ2v) is 7.39. The number of fused-ring (bicyclic) bond motifs is 1. The number of carbonyl (C=O) groups excluding carboxylic acids is 1. The van der Waals surface area contributed by atoms with Gasteiger partial charge in [0, 0.05) is 0 Å². The van der Waals surface area contributed by atoms with E-state index >= 15 is 0 Å². The first-order valence-electron chi connectivity index (χ1n) is 7.97. The van der Waals surface area contributed by atoms with Crippen LogP contribution in [0.5, 0.6) is 0 Å². The molecule has 1 amide bonds. The molecule has 0 spiro atoms. The first-order valence-corrected chi connectivity index (χ1v) is 8.84. The second-order valence-electron chi connectivity index (χ2n) is 6.06. The van der Waals surface area contributed by atoms with Crippen molar-refractivity contribution < 1.29 is 4.79 Å². The first-order chi connectivity index (χ1) is 11.1. The number of nitrogens with zero attached hydrogens (tertiary/aromatic N) is 2. The highest BCUT2D eigenvalue weighted by molar-refractivity contribution is 8.00. The standard InChI is InChI=1S/C17H20N4OS/c1-12(15(22)21-17(11-18)9-5-2-6-10-17)23-16-19-13-7-3-4-8-14(13)20-16/h3-4,7-8,12H,2,5-6,9-10H2,1H3,(H,19,20)(H,21,22). The predicted molar refractivity (Wildman–Crippen MR) is 91.0 cm³/mol. The molecule has 6 heteroatoms. The van der Waals surface area contributed by atoms with Gasteiger partial charge in [0.1, 0.15) is 5.54 Å². The van der Waals surface area contributed by atoms with Gasteiger partial charge in [-0.3, -0.25) is 4.79 Å². The van der Waals surface area contributed by atoms with E-state index in [2.05, 4.69) is 21.4 Å². The molecule has 1 fully saturated rings. The summed E-state index contributed by atoms with van der Waals surface area (Å²) >= 11 is 1.39. The van der Waals surface area contributed by atoms with Crippen LogP contribution in [0.3, 0.4) is 0 Å². The Kier molecular flexibility index (Phi) is 4.58. The lowest BCUT2D eigenvalue weighted by Gasteiger charge is -2.32. The van der Waals surface area contributed by atoms with Crippen molar-refractivity contribution in [2.24, 2.45) is 0 Å². The lowest BCUT2D eigenvalue weighted by molar-refractivity contribution is -0.121. The smallest absolute Gasteiger partial charge is 0.234 e. The number of rotatable bonds is 4. The number of hydrogen-bond donors (Lipinski definition) is 2. The molecular formula is C17H20N4OS. The average molecular weight is 328 g/mol. The Bertz CT molecular complexity index is 709. The maximum absolute atomic E-state index is 12.5. The molecule has 1 unspecified atom stereocenters. The number of nitrogens with one attached hydrogen (secondary N) is 2. The fourth-order valence-corrected chi connectivity index (χ4v) is 3.78. The molecule has 3 rings (SSSR count). The van der Waals surface area contributed by atoms with Crippen LogP contribution in [-0.4, -0.2) is 26.7 Å². The Morgan fingerprint density at radius 3 is 2.83 bits per heavy atom. The van der Waals surface area contributed by atoms with E-state index in [0.717, 1.165) is 48.3 Å². The third-order valence-corrected chi connectivity index (χ3v) is 5.29. The van der Waals surface area contributed by atoms with Gasteiger partial charge in [-0.05, 0) is 31.9 Å². The van der Waals surface area contributed by atoms with Crippen LogP contribution in [0.4, 0.5) is 0 Å². The van der Waals surface area contributed by atoms with Crippen LogP contribution in [0, 0.1) is 11.3 Å². The van der Waals surface area contributed by atoms with E-state index in [0.29, 0.717) is 0 Å². The fraction of sp³-hybridized carbons (Fsp3) is 0.471. The number of aromatic nitrogens is 2. The highest BCUT2D eigenvalue weighted by Crippen LogP contribution is 2.29. The maximum Gasteiger partial charge on any atom is 0.234 e. The van der Waals surface area contributed by atoms with Gasteiger partial charge >= 0.3 is 0 Å². The summed E-state index contributed by atoms with van der Waals surface area (Å²) in [5, 5.41) is 12.9. The molecule has 1 aliphatic carbocycles. The monoisotopic (exact) mass is 328 g/mol. The van der Waals surface area contributed by atoms with Crippen LogP contribution >= 0.6 is 11.8 Å². The van der Waals surface area contributed by atoms with Gasteiger partial charge in [0.05, 0.1) is 22.4 Å². The zero-order chi connectivity index (χ0) is 16.3. The van der Waals surface area contributed by atoms with Crippen LogP contribution in [0.2, 0.25) is 0 Å². The predicted octanol–water partition coefficient (Wildman–Crippen LogP) is 3.39. The minimum atomic E-state index is -0.683. The average Bonchev–Trinajstić information content (AvgIpc) is 2.97. The summed E-state index contributed by atoms with van der Waals surface area (Å²) in [5.74, 6) is -0.0982. The Balaban J connectivity index is 1.66. The van der Waals surface area contributed by atoms with E-state index in [-0.39, 0.29) is 11.2 Å². The summed E-state index contributed by atoms with van der Waals surface area (Å²) in [6.45, 7) is 1.85. The fourth-order valence-electron chi connectivity index (χ4n) is 2.96. The molecule has 0 aliphatic heterocycles. The molecule has 0 radical (unpaired) electrons. The Hall–Kier alpha value is -2.00. The van der Waals surface area contributed by atoms with Gasteiger partial charge in [-0.2, -0.15) is 5.26 Å². The van der Waals surface area contributed by atoms with Crippen molar-refractivity contribution in [3.8, 4) is 6.07 Å². The van der Waals surface area contributed by atoms with Gasteiger partial charge in [-0.15, -0.1) is 0 Å². The molecule has 2 aromatic rings. The van der Waals surface area contributed by atoms with Crippen LogP contribution in [-0.2, 0) is 4.79 Å². The van der Waals surface area contributed by atoms with E-state index in [1.807, 2.05) is 31.2 Å². The molecule has 1 atom stereocenters. The normalized spacial score (nSPS) is 18.3. The van der Waals surface area contributed by atoms with E-state index in [1.165, 1.54) is 11.8 Å². The van der Waals surface area contributed by atoms with Crippen molar-refractivity contribution in [2.75, 3.05) is 0 Å². The van der Waals surface area contributed by atoms with Gasteiger partial charge in [0.2, 0.25) is 5.91 Å². The van der Waals surface area contributed by atoms with Gasteiger partial charge < -0.3 is 10.3 Å². The molecule has 0 saturated heterocycles. The summed E-state index contributed by atoms with van der Waals surface area (Å²) in [7, 11) is 0. The van der Waals surface area contributed by atoms with Crippen LogP contribution in [0.25, 0.3) is 11.0 Å². The number of aromatic amines is 1.